The SMILES string of the molecule is CC(CC(N)=NO)NCC1CCS(=O)(=O)C1. The Morgan fingerprint density at radius 1 is 1.69 bits per heavy atom. The average molecular weight is 249 g/mol. The maximum atomic E-state index is 11.2. The summed E-state index contributed by atoms with van der Waals surface area (Å²) in [6.45, 7) is 2.58. The molecule has 0 aromatic rings. The third-order valence-electron chi connectivity index (χ3n) is 2.73. The minimum absolute atomic E-state index is 0.0826. The van der Waals surface area contributed by atoms with E-state index in [1.165, 1.54) is 0 Å². The summed E-state index contributed by atoms with van der Waals surface area (Å²) in [5, 5.41) is 14.5. The monoisotopic (exact) mass is 249 g/mol. The average Bonchev–Trinajstić information content (AvgIpc) is 2.55. The highest BCUT2D eigenvalue weighted by molar-refractivity contribution is 7.91. The Labute approximate surface area is 95.8 Å². The first kappa shape index (κ1) is 13.2. The van der Waals surface area contributed by atoms with Crippen LogP contribution in [0, 0.1) is 5.92 Å². The van der Waals surface area contributed by atoms with Crippen LogP contribution >= 0.6 is 0 Å². The molecule has 0 spiro atoms. The molecule has 1 heterocycles. The van der Waals surface area contributed by atoms with E-state index in [1.807, 2.05) is 6.92 Å². The number of hydrogen-bond donors (Lipinski definition) is 3. The van der Waals surface area contributed by atoms with Gasteiger partial charge in [0.25, 0.3) is 0 Å². The Morgan fingerprint density at radius 2 is 2.38 bits per heavy atom. The van der Waals surface area contributed by atoms with Crippen molar-refractivity contribution < 1.29 is 13.6 Å². The van der Waals surface area contributed by atoms with Crippen LogP contribution < -0.4 is 11.1 Å². The van der Waals surface area contributed by atoms with E-state index >= 15 is 0 Å². The molecular formula is C9H19N3O3S. The van der Waals surface area contributed by atoms with Gasteiger partial charge in [0.1, 0.15) is 5.84 Å². The lowest BCUT2D eigenvalue weighted by atomic mass is 10.1. The number of nitrogens with zero attached hydrogens (tertiary/aromatic N) is 1. The molecule has 0 aromatic heterocycles. The van der Waals surface area contributed by atoms with Crippen molar-refractivity contribution in [3.05, 3.63) is 0 Å². The Hall–Kier alpha value is -0.820. The molecule has 0 bridgehead atoms. The van der Waals surface area contributed by atoms with Gasteiger partial charge < -0.3 is 16.3 Å². The second-order valence-electron chi connectivity index (χ2n) is 4.37. The molecule has 0 saturated carbocycles. The fourth-order valence-corrected chi connectivity index (χ4v) is 3.69. The van der Waals surface area contributed by atoms with Crippen LogP contribution in [0.4, 0.5) is 0 Å². The molecule has 0 amide bonds. The summed E-state index contributed by atoms with van der Waals surface area (Å²) in [4.78, 5) is 0. The second-order valence-corrected chi connectivity index (χ2v) is 6.60. The van der Waals surface area contributed by atoms with Crippen LogP contribution in [0.2, 0.25) is 0 Å². The van der Waals surface area contributed by atoms with Gasteiger partial charge in [-0.25, -0.2) is 8.42 Å². The van der Waals surface area contributed by atoms with Crippen LogP contribution in [0.1, 0.15) is 19.8 Å². The maximum Gasteiger partial charge on any atom is 0.150 e. The summed E-state index contributed by atoms with van der Waals surface area (Å²) in [5.74, 6) is 0.948. The molecule has 7 heteroatoms. The van der Waals surface area contributed by atoms with Crippen LogP contribution in [0.5, 0.6) is 0 Å². The molecule has 2 atom stereocenters. The van der Waals surface area contributed by atoms with Crippen molar-refractivity contribution in [2.45, 2.75) is 25.8 Å². The molecule has 6 nitrogen and oxygen atoms in total. The molecule has 1 rings (SSSR count). The van der Waals surface area contributed by atoms with Crippen molar-refractivity contribution in [2.75, 3.05) is 18.1 Å². The summed E-state index contributed by atoms with van der Waals surface area (Å²) in [6, 6.07) is 0.0826. The van der Waals surface area contributed by atoms with Gasteiger partial charge in [0.05, 0.1) is 11.5 Å². The van der Waals surface area contributed by atoms with Gasteiger partial charge in [-0.2, -0.15) is 0 Å². The van der Waals surface area contributed by atoms with E-state index in [0.717, 1.165) is 6.42 Å². The first-order valence-corrected chi connectivity index (χ1v) is 7.15. The zero-order chi connectivity index (χ0) is 12.2. The summed E-state index contributed by atoms with van der Waals surface area (Å²) in [6.07, 6.45) is 1.18. The van der Waals surface area contributed by atoms with Crippen molar-refractivity contribution in [1.82, 2.24) is 5.32 Å². The topological polar surface area (TPSA) is 105 Å². The van der Waals surface area contributed by atoms with E-state index in [2.05, 4.69) is 10.5 Å². The van der Waals surface area contributed by atoms with Crippen LogP contribution in [-0.4, -0.2) is 43.6 Å². The highest BCUT2D eigenvalue weighted by Crippen LogP contribution is 2.17. The van der Waals surface area contributed by atoms with Crippen LogP contribution in [0.3, 0.4) is 0 Å². The van der Waals surface area contributed by atoms with Crippen LogP contribution in [0.15, 0.2) is 5.16 Å². The number of amidine groups is 1. The fraction of sp³-hybridized carbons (Fsp3) is 0.889. The van der Waals surface area contributed by atoms with Crippen LogP contribution in [0.25, 0.3) is 0 Å². The smallest absolute Gasteiger partial charge is 0.150 e. The molecule has 1 fully saturated rings. The van der Waals surface area contributed by atoms with E-state index < -0.39 is 9.84 Å². The molecule has 0 radical (unpaired) electrons. The van der Waals surface area contributed by atoms with Gasteiger partial charge in [-0.3, -0.25) is 0 Å². The van der Waals surface area contributed by atoms with Gasteiger partial charge in [0.2, 0.25) is 0 Å². The van der Waals surface area contributed by atoms with E-state index in [9.17, 15) is 8.42 Å². The maximum absolute atomic E-state index is 11.2. The molecule has 2 unspecified atom stereocenters. The van der Waals surface area contributed by atoms with Gasteiger partial charge >= 0.3 is 0 Å². The zero-order valence-corrected chi connectivity index (χ0v) is 10.2. The molecular weight excluding hydrogens is 230 g/mol. The number of nitrogens with two attached hydrogens (primary N) is 1. The van der Waals surface area contributed by atoms with Gasteiger partial charge in [-0.15, -0.1) is 0 Å². The Morgan fingerprint density at radius 3 is 2.88 bits per heavy atom. The fourth-order valence-electron chi connectivity index (χ4n) is 1.83. The van der Waals surface area contributed by atoms with E-state index in [1.54, 1.807) is 0 Å². The second kappa shape index (κ2) is 5.49. The molecule has 4 N–H and O–H groups in total. The summed E-state index contributed by atoms with van der Waals surface area (Å²) < 4.78 is 22.4. The van der Waals surface area contributed by atoms with Crippen molar-refractivity contribution in [2.24, 2.45) is 16.8 Å². The number of nitrogens with one attached hydrogen (secondary N) is 1. The molecule has 0 aromatic carbocycles. The summed E-state index contributed by atoms with van der Waals surface area (Å²) in [7, 11) is -2.80. The highest BCUT2D eigenvalue weighted by atomic mass is 32.2. The third kappa shape index (κ3) is 4.36. The quantitative estimate of drug-likeness (QED) is 0.264. The molecule has 16 heavy (non-hydrogen) atoms. The normalized spacial score (nSPS) is 26.8. The lowest BCUT2D eigenvalue weighted by molar-refractivity contribution is 0.315. The molecule has 1 saturated heterocycles. The lowest BCUT2D eigenvalue weighted by Crippen LogP contribution is -2.34. The van der Waals surface area contributed by atoms with Gasteiger partial charge in [0.15, 0.2) is 9.84 Å². The number of oxime groups is 1. The predicted molar refractivity (Wildman–Crippen MR) is 62.3 cm³/mol. The Balaban J connectivity index is 2.25. The van der Waals surface area contributed by atoms with Crippen molar-refractivity contribution >= 4 is 15.7 Å². The summed E-state index contributed by atoms with van der Waals surface area (Å²) in [5.41, 5.74) is 5.36. The standard InChI is InChI=1S/C9H19N3O3S/c1-7(4-9(10)12-13)11-5-8-2-3-16(14,15)6-8/h7-8,11,13H,2-6H2,1H3,(H2,10,12). The highest BCUT2D eigenvalue weighted by Gasteiger charge is 2.27. The molecule has 1 aliphatic heterocycles. The van der Waals surface area contributed by atoms with E-state index in [0.29, 0.717) is 18.7 Å². The van der Waals surface area contributed by atoms with E-state index in [4.69, 9.17) is 10.9 Å². The number of rotatable bonds is 5. The molecule has 0 aliphatic carbocycles. The first-order chi connectivity index (χ1) is 7.43. The number of hydrogen-bond acceptors (Lipinski definition) is 5. The van der Waals surface area contributed by atoms with Crippen molar-refractivity contribution in [1.29, 1.82) is 0 Å². The molecule has 1 aliphatic rings. The predicted octanol–water partition coefficient (Wildman–Crippen LogP) is -0.464. The lowest BCUT2D eigenvalue weighted by Gasteiger charge is -2.15. The van der Waals surface area contributed by atoms with Crippen molar-refractivity contribution in [3.63, 3.8) is 0 Å². The minimum atomic E-state index is -2.80. The Bertz CT molecular complexity index is 353. The van der Waals surface area contributed by atoms with Gasteiger partial charge in [0, 0.05) is 12.5 Å². The van der Waals surface area contributed by atoms with Gasteiger partial charge in [-0.1, -0.05) is 5.16 Å². The van der Waals surface area contributed by atoms with Gasteiger partial charge in [-0.05, 0) is 25.8 Å². The number of sulfone groups is 1. The third-order valence-corrected chi connectivity index (χ3v) is 4.56. The molecule has 94 valence electrons. The Kier molecular flexibility index (Phi) is 4.55. The van der Waals surface area contributed by atoms with Crippen molar-refractivity contribution in [3.8, 4) is 0 Å². The van der Waals surface area contributed by atoms with E-state index in [-0.39, 0.29) is 23.5 Å². The summed E-state index contributed by atoms with van der Waals surface area (Å²) >= 11 is 0. The largest absolute Gasteiger partial charge is 0.409 e. The minimum Gasteiger partial charge on any atom is -0.409 e. The first-order valence-electron chi connectivity index (χ1n) is 5.33. The zero-order valence-electron chi connectivity index (χ0n) is 9.39. The van der Waals surface area contributed by atoms with Crippen LogP contribution in [-0.2, 0) is 9.84 Å².